The van der Waals surface area contributed by atoms with Gasteiger partial charge in [0, 0.05) is 6.54 Å². The van der Waals surface area contributed by atoms with Crippen LogP contribution in [0.25, 0.3) is 0 Å². The van der Waals surface area contributed by atoms with Gasteiger partial charge in [0.05, 0.1) is 0 Å². The number of primary amides is 1. The minimum absolute atomic E-state index is 0.0371. The fourth-order valence-electron chi connectivity index (χ4n) is 3.25. The topological polar surface area (TPSA) is 230 Å². The lowest BCUT2D eigenvalue weighted by Gasteiger charge is -2.29. The van der Waals surface area contributed by atoms with E-state index in [0.717, 1.165) is 5.56 Å². The molecule has 0 fully saturated rings. The van der Waals surface area contributed by atoms with Crippen LogP contribution in [0.1, 0.15) is 51.5 Å². The monoisotopic (exact) mass is 520 g/mol. The molecule has 0 heterocycles. The average molecular weight is 521 g/mol. The smallest absolute Gasteiger partial charge is 0.408 e. The number of alkyl carbamates (subject to hydrolysis) is 1. The third-order valence-electron chi connectivity index (χ3n) is 5.37. The quantitative estimate of drug-likeness (QED) is 0.0837. The molecule has 0 aliphatic carbocycles. The number of nitrogens with zero attached hydrogens (tertiary/aromatic N) is 1. The highest BCUT2D eigenvalue weighted by molar-refractivity contribution is 5.95. The predicted molar refractivity (Wildman–Crippen MR) is 140 cm³/mol. The molecule has 0 aliphatic rings. The Morgan fingerprint density at radius 3 is 2.19 bits per heavy atom. The predicted octanol–water partition coefficient (Wildman–Crippen LogP) is -0.671. The highest BCUT2D eigenvalue weighted by atomic mass is 16.5. The van der Waals surface area contributed by atoms with Crippen LogP contribution in [0.2, 0.25) is 0 Å². The Labute approximate surface area is 217 Å². The molecule has 13 heteroatoms. The Bertz CT molecular complexity index is 919. The summed E-state index contributed by atoms with van der Waals surface area (Å²) in [4.78, 5) is 53.9. The van der Waals surface area contributed by atoms with Crippen LogP contribution in [-0.2, 0) is 25.7 Å². The number of amides is 4. The zero-order valence-electron chi connectivity index (χ0n) is 21.5. The largest absolute Gasteiger partial charge is 0.445 e. The number of nitrogens with two attached hydrogens (primary N) is 4. The lowest BCUT2D eigenvalue weighted by Crippen LogP contribution is -2.61. The van der Waals surface area contributed by atoms with Gasteiger partial charge in [-0.3, -0.25) is 19.4 Å². The number of benzene rings is 1. The average Bonchev–Trinajstić information content (AvgIpc) is 2.84. The highest BCUT2D eigenvalue weighted by Gasteiger charge is 2.34. The molecule has 206 valence electrons. The first-order valence-corrected chi connectivity index (χ1v) is 12.1. The number of nitrogens with one attached hydrogen (secondary N) is 3. The molecule has 1 aromatic carbocycles. The second kappa shape index (κ2) is 16.0. The minimum Gasteiger partial charge on any atom is -0.445 e. The number of ether oxygens (including phenoxy) is 1. The molecule has 0 aromatic heterocycles. The zero-order chi connectivity index (χ0) is 27.8. The van der Waals surface area contributed by atoms with Gasteiger partial charge in [-0.25, -0.2) is 4.79 Å². The van der Waals surface area contributed by atoms with Gasteiger partial charge >= 0.3 is 6.09 Å². The molecule has 13 nitrogen and oxygen atoms in total. The summed E-state index contributed by atoms with van der Waals surface area (Å²) in [6.07, 6.45) is 1.34. The molecule has 0 aliphatic heterocycles. The van der Waals surface area contributed by atoms with Gasteiger partial charge in [0.2, 0.25) is 17.7 Å². The molecular formula is C24H40N8O5. The first-order chi connectivity index (χ1) is 17.5. The van der Waals surface area contributed by atoms with Crippen molar-refractivity contribution in [2.45, 2.75) is 70.2 Å². The van der Waals surface area contributed by atoms with E-state index in [4.69, 9.17) is 27.7 Å². The Balaban J connectivity index is 2.77. The van der Waals surface area contributed by atoms with E-state index in [0.29, 0.717) is 25.8 Å². The van der Waals surface area contributed by atoms with E-state index < -0.39 is 41.4 Å². The fraction of sp³-hybridized carbons (Fsp3) is 0.542. The zero-order valence-corrected chi connectivity index (χ0v) is 21.5. The molecule has 2 atom stereocenters. The summed E-state index contributed by atoms with van der Waals surface area (Å²) in [5.74, 6) is -2.03. The van der Waals surface area contributed by atoms with Crippen LogP contribution < -0.4 is 38.9 Å². The molecule has 0 saturated carbocycles. The van der Waals surface area contributed by atoms with E-state index in [1.54, 1.807) is 12.1 Å². The van der Waals surface area contributed by atoms with E-state index in [1.807, 2.05) is 18.2 Å². The Kier molecular flexibility index (Phi) is 13.5. The number of hydrogen-bond donors (Lipinski definition) is 7. The minimum atomic E-state index is -1.42. The molecule has 11 N–H and O–H groups in total. The van der Waals surface area contributed by atoms with E-state index in [9.17, 15) is 19.2 Å². The maximum Gasteiger partial charge on any atom is 0.408 e. The molecule has 0 radical (unpaired) electrons. The third kappa shape index (κ3) is 12.6. The molecule has 1 rings (SSSR count). The van der Waals surface area contributed by atoms with Crippen LogP contribution >= 0.6 is 0 Å². The maximum absolute atomic E-state index is 13.0. The number of unbranched alkanes of at least 4 members (excludes halogenated alkanes) is 1. The van der Waals surface area contributed by atoms with Crippen molar-refractivity contribution >= 4 is 29.8 Å². The van der Waals surface area contributed by atoms with Gasteiger partial charge in [-0.15, -0.1) is 0 Å². The van der Waals surface area contributed by atoms with Crippen molar-refractivity contribution in [3.05, 3.63) is 35.9 Å². The number of guanidine groups is 1. The van der Waals surface area contributed by atoms with E-state index >= 15 is 0 Å². The van der Waals surface area contributed by atoms with Crippen molar-refractivity contribution < 1.29 is 23.9 Å². The van der Waals surface area contributed by atoms with Crippen molar-refractivity contribution in [1.82, 2.24) is 16.0 Å². The number of carbonyl (C=O) groups is 4. The molecule has 1 aromatic rings. The highest BCUT2D eigenvalue weighted by Crippen LogP contribution is 2.09. The SMILES string of the molecule is CC(C)(NC(=O)[C@H](CCCCN)NC(=O)OCc1ccccc1)C(=O)N[C@@H](CCCN=C(N)N)C(N)=O. The molecule has 0 unspecified atom stereocenters. The lowest BCUT2D eigenvalue weighted by molar-refractivity contribution is -0.135. The second-order valence-electron chi connectivity index (χ2n) is 9.03. The Morgan fingerprint density at radius 1 is 0.946 bits per heavy atom. The summed E-state index contributed by atoms with van der Waals surface area (Å²) in [5.41, 5.74) is 20.9. The number of carbonyl (C=O) groups excluding carboxylic acids is 4. The second-order valence-corrected chi connectivity index (χ2v) is 9.03. The lowest BCUT2D eigenvalue weighted by atomic mass is 10.0. The number of aliphatic imine (C=N–C) groups is 1. The van der Waals surface area contributed by atoms with E-state index in [1.165, 1.54) is 13.8 Å². The third-order valence-corrected chi connectivity index (χ3v) is 5.37. The molecule has 0 bridgehead atoms. The van der Waals surface area contributed by atoms with Crippen LogP contribution in [0.4, 0.5) is 4.79 Å². The van der Waals surface area contributed by atoms with E-state index in [-0.39, 0.29) is 32.0 Å². The summed E-state index contributed by atoms with van der Waals surface area (Å²) in [6.45, 7) is 3.68. The van der Waals surface area contributed by atoms with Gasteiger partial charge in [-0.1, -0.05) is 30.3 Å². The summed E-state index contributed by atoms with van der Waals surface area (Å²) >= 11 is 0. The number of rotatable bonds is 16. The van der Waals surface area contributed by atoms with E-state index in [2.05, 4.69) is 20.9 Å². The summed E-state index contributed by atoms with van der Waals surface area (Å²) in [5, 5.41) is 7.74. The van der Waals surface area contributed by atoms with Crippen molar-refractivity contribution in [2.75, 3.05) is 13.1 Å². The molecular weight excluding hydrogens is 480 g/mol. The molecule has 0 spiro atoms. The van der Waals surface area contributed by atoms with Crippen molar-refractivity contribution in [2.24, 2.45) is 27.9 Å². The van der Waals surface area contributed by atoms with Crippen LogP contribution in [-0.4, -0.2) is 60.5 Å². The summed E-state index contributed by atoms with van der Waals surface area (Å²) in [7, 11) is 0. The maximum atomic E-state index is 13.0. The van der Waals surface area contributed by atoms with Gasteiger partial charge in [0.15, 0.2) is 5.96 Å². The van der Waals surface area contributed by atoms with Crippen molar-refractivity contribution in [1.29, 1.82) is 0 Å². The molecule has 0 saturated heterocycles. The fourth-order valence-corrected chi connectivity index (χ4v) is 3.25. The van der Waals surface area contributed by atoms with Crippen LogP contribution in [0.15, 0.2) is 35.3 Å². The van der Waals surface area contributed by atoms with Gasteiger partial charge in [0.25, 0.3) is 0 Å². The van der Waals surface area contributed by atoms with Crippen molar-refractivity contribution in [3.63, 3.8) is 0 Å². The first-order valence-electron chi connectivity index (χ1n) is 12.1. The van der Waals surface area contributed by atoms with Gasteiger partial charge < -0.3 is 43.6 Å². The van der Waals surface area contributed by atoms with Crippen LogP contribution in [0, 0.1) is 0 Å². The van der Waals surface area contributed by atoms with Gasteiger partial charge in [-0.2, -0.15) is 0 Å². The van der Waals surface area contributed by atoms with Crippen LogP contribution in [0.5, 0.6) is 0 Å². The van der Waals surface area contributed by atoms with Gasteiger partial charge in [-0.05, 0) is 58.1 Å². The normalized spacial score (nSPS) is 12.5. The summed E-state index contributed by atoms with van der Waals surface area (Å²) < 4.78 is 5.22. The summed E-state index contributed by atoms with van der Waals surface area (Å²) in [6, 6.07) is 7.15. The van der Waals surface area contributed by atoms with Crippen LogP contribution in [0.3, 0.4) is 0 Å². The first kappa shape index (κ1) is 31.2. The molecule has 4 amide bonds. The van der Waals surface area contributed by atoms with Gasteiger partial charge in [0.1, 0.15) is 24.2 Å². The molecule has 37 heavy (non-hydrogen) atoms. The Morgan fingerprint density at radius 2 is 1.59 bits per heavy atom. The number of hydrogen-bond acceptors (Lipinski definition) is 7. The standard InChI is InChI=1S/C24H40N8O5/c1-24(2,21(35)30-17(19(26)33)12-8-14-29-22(27)28)32-20(34)18(11-6-7-13-25)31-23(36)37-15-16-9-4-3-5-10-16/h3-5,9-10,17-18H,6-8,11-15,25H2,1-2H3,(H2,26,33)(H,30,35)(H,31,36)(H,32,34)(H4,27,28,29)/t17-,18-/m0/s1. The Hall–Kier alpha value is -3.87. The van der Waals surface area contributed by atoms with Crippen molar-refractivity contribution in [3.8, 4) is 0 Å².